The second-order valence-corrected chi connectivity index (χ2v) is 7.26. The van der Waals surface area contributed by atoms with Crippen LogP contribution < -0.4 is 4.90 Å². The van der Waals surface area contributed by atoms with Crippen LogP contribution in [0.15, 0.2) is 12.5 Å². The summed E-state index contributed by atoms with van der Waals surface area (Å²) < 4.78 is 0. The molecule has 0 fully saturated rings. The van der Waals surface area contributed by atoms with Crippen molar-refractivity contribution in [2.24, 2.45) is 5.41 Å². The highest BCUT2D eigenvalue weighted by Crippen LogP contribution is 2.26. The molecule has 1 rings (SSSR count). The lowest BCUT2D eigenvalue weighted by atomic mass is 9.91. The van der Waals surface area contributed by atoms with Crippen molar-refractivity contribution >= 4 is 5.82 Å². The van der Waals surface area contributed by atoms with Gasteiger partial charge in [-0.3, -0.25) is 0 Å². The summed E-state index contributed by atoms with van der Waals surface area (Å²) in [6.45, 7) is 14.8. The number of anilines is 1. The number of rotatable bonds is 8. The average Bonchev–Trinajstić information content (AvgIpc) is 2.40. The summed E-state index contributed by atoms with van der Waals surface area (Å²) in [5, 5.41) is 0. The molecule has 0 bridgehead atoms. The Kier molecular flexibility index (Phi) is 7.13. The quantitative estimate of drug-likeness (QED) is 0.685. The highest BCUT2D eigenvalue weighted by atomic mass is 15.2. The van der Waals surface area contributed by atoms with Crippen LogP contribution in [0, 0.1) is 5.41 Å². The van der Waals surface area contributed by atoms with E-state index in [1.807, 2.05) is 6.20 Å². The van der Waals surface area contributed by atoms with E-state index in [2.05, 4.69) is 56.4 Å². The Balaban J connectivity index is 2.99. The third-order valence-electron chi connectivity index (χ3n) is 3.90. The van der Waals surface area contributed by atoms with Gasteiger partial charge in [0.15, 0.2) is 0 Å². The molecule has 1 atom stereocenters. The Morgan fingerprint density at radius 3 is 2.48 bits per heavy atom. The SMILES string of the molecule is CCCc1cncnc1N(CCC(C)(C)C)C(C)CCC. The molecule has 1 unspecified atom stereocenters. The van der Waals surface area contributed by atoms with Crippen LogP contribution in [0.5, 0.6) is 0 Å². The van der Waals surface area contributed by atoms with Crippen LogP contribution in [0.3, 0.4) is 0 Å². The predicted octanol–water partition coefficient (Wildman–Crippen LogP) is 4.86. The molecular weight excluding hydrogens is 258 g/mol. The molecule has 0 saturated heterocycles. The largest absolute Gasteiger partial charge is 0.354 e. The summed E-state index contributed by atoms with van der Waals surface area (Å²) in [5.74, 6) is 1.15. The van der Waals surface area contributed by atoms with Crippen molar-refractivity contribution < 1.29 is 0 Å². The molecule has 21 heavy (non-hydrogen) atoms. The van der Waals surface area contributed by atoms with E-state index in [0.717, 1.165) is 25.2 Å². The highest BCUT2D eigenvalue weighted by molar-refractivity contribution is 5.46. The van der Waals surface area contributed by atoms with Gasteiger partial charge in [-0.25, -0.2) is 9.97 Å². The first-order valence-electron chi connectivity index (χ1n) is 8.44. The fraction of sp³-hybridized carbons (Fsp3) is 0.778. The van der Waals surface area contributed by atoms with Crippen molar-refractivity contribution in [3.63, 3.8) is 0 Å². The van der Waals surface area contributed by atoms with Gasteiger partial charge in [-0.2, -0.15) is 0 Å². The predicted molar refractivity (Wildman–Crippen MR) is 91.8 cm³/mol. The van der Waals surface area contributed by atoms with E-state index in [0.29, 0.717) is 11.5 Å². The summed E-state index contributed by atoms with van der Waals surface area (Å²) in [5.41, 5.74) is 1.64. The maximum Gasteiger partial charge on any atom is 0.135 e. The van der Waals surface area contributed by atoms with Gasteiger partial charge in [0.25, 0.3) is 0 Å². The van der Waals surface area contributed by atoms with Crippen LogP contribution in [0.2, 0.25) is 0 Å². The van der Waals surface area contributed by atoms with Crippen molar-refractivity contribution in [1.29, 1.82) is 0 Å². The zero-order chi connectivity index (χ0) is 15.9. The third-order valence-corrected chi connectivity index (χ3v) is 3.90. The molecule has 3 nitrogen and oxygen atoms in total. The van der Waals surface area contributed by atoms with E-state index >= 15 is 0 Å². The molecular formula is C18H33N3. The number of aromatic nitrogens is 2. The Hall–Kier alpha value is -1.12. The van der Waals surface area contributed by atoms with Gasteiger partial charge in [0.2, 0.25) is 0 Å². The second-order valence-electron chi connectivity index (χ2n) is 7.26. The molecule has 0 spiro atoms. The lowest BCUT2D eigenvalue weighted by Crippen LogP contribution is -2.37. The van der Waals surface area contributed by atoms with E-state index in [1.165, 1.54) is 24.8 Å². The fourth-order valence-corrected chi connectivity index (χ4v) is 2.62. The minimum absolute atomic E-state index is 0.349. The molecule has 0 aromatic carbocycles. The highest BCUT2D eigenvalue weighted by Gasteiger charge is 2.21. The van der Waals surface area contributed by atoms with Crippen LogP contribution in [-0.4, -0.2) is 22.6 Å². The molecule has 1 aromatic rings. The molecule has 0 aliphatic heterocycles. The molecule has 1 aromatic heterocycles. The number of hydrogen-bond acceptors (Lipinski definition) is 3. The van der Waals surface area contributed by atoms with E-state index in [1.54, 1.807) is 6.33 Å². The molecule has 0 N–H and O–H groups in total. The summed E-state index contributed by atoms with van der Waals surface area (Å²) in [6, 6.07) is 0.530. The monoisotopic (exact) mass is 291 g/mol. The smallest absolute Gasteiger partial charge is 0.135 e. The summed E-state index contributed by atoms with van der Waals surface area (Å²) >= 11 is 0. The van der Waals surface area contributed by atoms with E-state index in [9.17, 15) is 0 Å². The van der Waals surface area contributed by atoms with Crippen molar-refractivity contribution in [3.8, 4) is 0 Å². The number of aryl methyl sites for hydroxylation is 1. The normalized spacial score (nSPS) is 13.2. The standard InChI is InChI=1S/C18H33N3/c1-7-9-15(3)21(12-11-18(4,5)6)17-16(10-8-2)13-19-14-20-17/h13-15H,7-12H2,1-6H3. The van der Waals surface area contributed by atoms with Crippen LogP contribution in [-0.2, 0) is 6.42 Å². The first kappa shape index (κ1) is 17.9. The van der Waals surface area contributed by atoms with Crippen molar-refractivity contribution in [3.05, 3.63) is 18.1 Å². The van der Waals surface area contributed by atoms with Gasteiger partial charge < -0.3 is 4.90 Å². The van der Waals surface area contributed by atoms with Crippen LogP contribution in [0.25, 0.3) is 0 Å². The van der Waals surface area contributed by atoms with E-state index in [4.69, 9.17) is 0 Å². The van der Waals surface area contributed by atoms with E-state index < -0.39 is 0 Å². The zero-order valence-corrected chi connectivity index (χ0v) is 14.8. The topological polar surface area (TPSA) is 29.0 Å². The summed E-state index contributed by atoms with van der Waals surface area (Å²) in [4.78, 5) is 11.3. The first-order chi connectivity index (χ1) is 9.89. The Morgan fingerprint density at radius 1 is 1.19 bits per heavy atom. The minimum atomic E-state index is 0.349. The molecule has 0 saturated carbocycles. The van der Waals surface area contributed by atoms with E-state index in [-0.39, 0.29) is 0 Å². The molecule has 0 amide bonds. The fourth-order valence-electron chi connectivity index (χ4n) is 2.62. The van der Waals surface area contributed by atoms with Crippen molar-refractivity contribution in [2.75, 3.05) is 11.4 Å². The number of hydrogen-bond donors (Lipinski definition) is 0. The molecule has 0 aliphatic rings. The van der Waals surface area contributed by atoms with Gasteiger partial charge >= 0.3 is 0 Å². The molecule has 0 radical (unpaired) electrons. The van der Waals surface area contributed by atoms with Gasteiger partial charge in [-0.1, -0.05) is 47.5 Å². The van der Waals surface area contributed by atoms with Crippen LogP contribution in [0.1, 0.15) is 72.8 Å². The Bertz CT molecular complexity index is 409. The lowest BCUT2D eigenvalue weighted by Gasteiger charge is -2.34. The van der Waals surface area contributed by atoms with Crippen LogP contribution >= 0.6 is 0 Å². The maximum atomic E-state index is 4.62. The average molecular weight is 291 g/mol. The maximum absolute atomic E-state index is 4.62. The van der Waals surface area contributed by atoms with Gasteiger partial charge in [-0.05, 0) is 31.6 Å². The van der Waals surface area contributed by atoms with Crippen molar-refractivity contribution in [1.82, 2.24) is 9.97 Å². The zero-order valence-electron chi connectivity index (χ0n) is 14.8. The van der Waals surface area contributed by atoms with Gasteiger partial charge in [-0.15, -0.1) is 0 Å². The molecule has 120 valence electrons. The van der Waals surface area contributed by atoms with Gasteiger partial charge in [0.1, 0.15) is 12.1 Å². The van der Waals surface area contributed by atoms with Gasteiger partial charge in [0, 0.05) is 24.3 Å². The Morgan fingerprint density at radius 2 is 1.90 bits per heavy atom. The van der Waals surface area contributed by atoms with Crippen molar-refractivity contribution in [2.45, 2.75) is 79.7 Å². The third kappa shape index (κ3) is 6.03. The summed E-state index contributed by atoms with van der Waals surface area (Å²) in [7, 11) is 0. The first-order valence-corrected chi connectivity index (χ1v) is 8.44. The number of nitrogens with zero attached hydrogens (tertiary/aromatic N) is 3. The molecule has 3 heteroatoms. The lowest BCUT2D eigenvalue weighted by molar-refractivity contribution is 0.370. The second kappa shape index (κ2) is 8.35. The molecule has 1 heterocycles. The Labute approximate surface area is 131 Å². The summed E-state index contributed by atoms with van der Waals surface area (Å²) in [6.07, 6.45) is 9.47. The minimum Gasteiger partial charge on any atom is -0.354 e. The van der Waals surface area contributed by atoms with Gasteiger partial charge in [0.05, 0.1) is 0 Å². The molecule has 0 aliphatic carbocycles. The van der Waals surface area contributed by atoms with Crippen LogP contribution in [0.4, 0.5) is 5.82 Å².